The molecule has 0 saturated carbocycles. The second kappa shape index (κ2) is 8.26. The third kappa shape index (κ3) is 4.37. The Labute approximate surface area is 156 Å². The lowest BCUT2D eigenvalue weighted by molar-refractivity contribution is 0.248. The number of hydrogen-bond donors (Lipinski definition) is 2. The van der Waals surface area contributed by atoms with Crippen molar-refractivity contribution in [1.29, 1.82) is 0 Å². The van der Waals surface area contributed by atoms with E-state index in [4.69, 9.17) is 0 Å². The van der Waals surface area contributed by atoms with Crippen molar-refractivity contribution in [3.8, 4) is 0 Å². The minimum atomic E-state index is -0.160. The van der Waals surface area contributed by atoms with E-state index in [9.17, 15) is 4.79 Å². The lowest BCUT2D eigenvalue weighted by atomic mass is 9.89. The number of fused-ring (bicyclic) bond motifs is 1. The standard InChI is InChI=1S/C22H29N3O/c1-4-21(18-10-9-16-7-5-6-8-17(16)15-18)24-22(26)23-19-11-13-20(14-12-19)25(2)3/h9-15,21H,4-8H2,1-3H3,(H2,23,24,26). The summed E-state index contributed by atoms with van der Waals surface area (Å²) in [5.41, 5.74) is 6.03. The Hall–Kier alpha value is -2.49. The molecule has 26 heavy (non-hydrogen) atoms. The third-order valence-electron chi connectivity index (χ3n) is 5.13. The number of urea groups is 1. The number of nitrogens with zero attached hydrogens (tertiary/aromatic N) is 1. The van der Waals surface area contributed by atoms with Gasteiger partial charge in [0, 0.05) is 25.5 Å². The Balaban J connectivity index is 1.64. The van der Waals surface area contributed by atoms with E-state index in [0.717, 1.165) is 24.2 Å². The largest absolute Gasteiger partial charge is 0.378 e. The predicted molar refractivity (Wildman–Crippen MR) is 109 cm³/mol. The molecule has 0 radical (unpaired) electrons. The zero-order chi connectivity index (χ0) is 18.5. The average Bonchev–Trinajstić information content (AvgIpc) is 2.66. The summed E-state index contributed by atoms with van der Waals surface area (Å²) in [7, 11) is 4.00. The highest BCUT2D eigenvalue weighted by Gasteiger charge is 2.16. The van der Waals surface area contributed by atoms with Crippen molar-refractivity contribution >= 4 is 17.4 Å². The highest BCUT2D eigenvalue weighted by Crippen LogP contribution is 2.26. The normalized spacial score (nSPS) is 14.3. The summed E-state index contributed by atoms with van der Waals surface area (Å²) >= 11 is 0. The predicted octanol–water partition coefficient (Wildman–Crippen LogP) is 4.90. The zero-order valence-electron chi connectivity index (χ0n) is 16.0. The molecule has 0 heterocycles. The Kier molecular flexibility index (Phi) is 5.82. The number of rotatable bonds is 5. The minimum absolute atomic E-state index is 0.0308. The van der Waals surface area contributed by atoms with Crippen molar-refractivity contribution in [3.63, 3.8) is 0 Å². The lowest BCUT2D eigenvalue weighted by Crippen LogP contribution is -2.32. The van der Waals surface area contributed by atoms with Gasteiger partial charge in [0.1, 0.15) is 0 Å². The molecule has 0 saturated heterocycles. The quantitative estimate of drug-likeness (QED) is 0.804. The maximum atomic E-state index is 12.4. The summed E-state index contributed by atoms with van der Waals surface area (Å²) in [4.78, 5) is 14.5. The molecule has 0 bridgehead atoms. The van der Waals surface area contributed by atoms with Crippen LogP contribution in [0.3, 0.4) is 0 Å². The number of carbonyl (C=O) groups is 1. The van der Waals surface area contributed by atoms with Crippen LogP contribution in [-0.2, 0) is 12.8 Å². The molecule has 2 aromatic rings. The number of amides is 2. The van der Waals surface area contributed by atoms with Crippen LogP contribution in [0.4, 0.5) is 16.2 Å². The molecule has 1 atom stereocenters. The first-order chi connectivity index (χ1) is 12.6. The van der Waals surface area contributed by atoms with Crippen LogP contribution in [0.1, 0.15) is 48.9 Å². The molecule has 2 N–H and O–H groups in total. The molecule has 1 aliphatic carbocycles. The Morgan fingerprint density at radius 3 is 2.38 bits per heavy atom. The highest BCUT2D eigenvalue weighted by atomic mass is 16.2. The van der Waals surface area contributed by atoms with Gasteiger partial charge in [-0.15, -0.1) is 0 Å². The fourth-order valence-corrected chi connectivity index (χ4v) is 3.56. The van der Waals surface area contributed by atoms with Gasteiger partial charge >= 0.3 is 6.03 Å². The van der Waals surface area contributed by atoms with Gasteiger partial charge in [0.05, 0.1) is 6.04 Å². The molecule has 2 aromatic carbocycles. The molecule has 3 rings (SSSR count). The van der Waals surface area contributed by atoms with Crippen molar-refractivity contribution in [2.75, 3.05) is 24.3 Å². The van der Waals surface area contributed by atoms with Crippen LogP contribution in [0.15, 0.2) is 42.5 Å². The summed E-state index contributed by atoms with van der Waals surface area (Å²) in [5.74, 6) is 0. The summed E-state index contributed by atoms with van der Waals surface area (Å²) in [6, 6.07) is 14.4. The van der Waals surface area contributed by atoms with Crippen molar-refractivity contribution in [3.05, 3.63) is 59.2 Å². The topological polar surface area (TPSA) is 44.4 Å². The number of benzene rings is 2. The van der Waals surface area contributed by atoms with E-state index >= 15 is 0 Å². The maximum absolute atomic E-state index is 12.4. The smallest absolute Gasteiger partial charge is 0.319 e. The fourth-order valence-electron chi connectivity index (χ4n) is 3.56. The zero-order valence-corrected chi connectivity index (χ0v) is 16.0. The van der Waals surface area contributed by atoms with E-state index < -0.39 is 0 Å². The van der Waals surface area contributed by atoms with Gasteiger partial charge < -0.3 is 15.5 Å². The van der Waals surface area contributed by atoms with Crippen molar-refractivity contribution < 1.29 is 4.79 Å². The monoisotopic (exact) mass is 351 g/mol. The van der Waals surface area contributed by atoms with E-state index in [1.807, 2.05) is 43.3 Å². The van der Waals surface area contributed by atoms with Crippen LogP contribution >= 0.6 is 0 Å². The van der Waals surface area contributed by atoms with Gasteiger partial charge in [0.25, 0.3) is 0 Å². The number of aryl methyl sites for hydroxylation is 2. The molecule has 0 spiro atoms. The fraction of sp³-hybridized carbons (Fsp3) is 0.409. The summed E-state index contributed by atoms with van der Waals surface area (Å²) < 4.78 is 0. The molecule has 0 aromatic heterocycles. The number of nitrogens with one attached hydrogen (secondary N) is 2. The first-order valence-electron chi connectivity index (χ1n) is 9.53. The number of hydrogen-bond acceptors (Lipinski definition) is 2. The van der Waals surface area contributed by atoms with Crippen LogP contribution in [-0.4, -0.2) is 20.1 Å². The van der Waals surface area contributed by atoms with Gasteiger partial charge in [-0.05, 0) is 73.1 Å². The van der Waals surface area contributed by atoms with Gasteiger partial charge in [-0.25, -0.2) is 4.79 Å². The van der Waals surface area contributed by atoms with Crippen LogP contribution in [0.5, 0.6) is 0 Å². The van der Waals surface area contributed by atoms with Crippen LogP contribution in [0.25, 0.3) is 0 Å². The van der Waals surface area contributed by atoms with Gasteiger partial charge in [-0.3, -0.25) is 0 Å². The number of anilines is 2. The van der Waals surface area contributed by atoms with E-state index in [1.165, 1.54) is 36.0 Å². The van der Waals surface area contributed by atoms with E-state index in [2.05, 4.69) is 35.8 Å². The molecular weight excluding hydrogens is 322 g/mol. The van der Waals surface area contributed by atoms with Crippen LogP contribution < -0.4 is 15.5 Å². The van der Waals surface area contributed by atoms with Gasteiger partial charge in [-0.1, -0.05) is 25.1 Å². The molecule has 0 fully saturated rings. The van der Waals surface area contributed by atoms with E-state index in [0.29, 0.717) is 0 Å². The Morgan fingerprint density at radius 2 is 1.73 bits per heavy atom. The lowest BCUT2D eigenvalue weighted by Gasteiger charge is -2.22. The van der Waals surface area contributed by atoms with Crippen molar-refractivity contribution in [1.82, 2.24) is 5.32 Å². The van der Waals surface area contributed by atoms with Crippen LogP contribution in [0, 0.1) is 0 Å². The molecule has 1 aliphatic rings. The molecule has 138 valence electrons. The van der Waals surface area contributed by atoms with Crippen LogP contribution in [0.2, 0.25) is 0 Å². The second-order valence-electron chi connectivity index (χ2n) is 7.24. The molecule has 4 heteroatoms. The highest BCUT2D eigenvalue weighted by molar-refractivity contribution is 5.89. The van der Waals surface area contributed by atoms with Gasteiger partial charge in [0.15, 0.2) is 0 Å². The molecule has 4 nitrogen and oxygen atoms in total. The first-order valence-corrected chi connectivity index (χ1v) is 9.53. The average molecular weight is 351 g/mol. The molecular formula is C22H29N3O. The molecule has 0 aliphatic heterocycles. The first kappa shape index (κ1) is 18.3. The molecule has 1 unspecified atom stereocenters. The SMILES string of the molecule is CCC(NC(=O)Nc1ccc(N(C)C)cc1)c1ccc2c(c1)CCCC2. The maximum Gasteiger partial charge on any atom is 0.319 e. The summed E-state index contributed by atoms with van der Waals surface area (Å²) in [6.07, 6.45) is 5.76. The Morgan fingerprint density at radius 1 is 1.04 bits per heavy atom. The van der Waals surface area contributed by atoms with Crippen molar-refractivity contribution in [2.24, 2.45) is 0 Å². The van der Waals surface area contributed by atoms with E-state index in [-0.39, 0.29) is 12.1 Å². The van der Waals surface area contributed by atoms with Gasteiger partial charge in [0.2, 0.25) is 0 Å². The minimum Gasteiger partial charge on any atom is -0.378 e. The third-order valence-corrected chi connectivity index (χ3v) is 5.13. The number of carbonyl (C=O) groups excluding carboxylic acids is 1. The summed E-state index contributed by atoms with van der Waals surface area (Å²) in [5, 5.41) is 6.05. The van der Waals surface area contributed by atoms with Gasteiger partial charge in [-0.2, -0.15) is 0 Å². The van der Waals surface area contributed by atoms with E-state index in [1.54, 1.807) is 0 Å². The second-order valence-corrected chi connectivity index (χ2v) is 7.24. The summed E-state index contributed by atoms with van der Waals surface area (Å²) in [6.45, 7) is 2.11. The van der Waals surface area contributed by atoms with Crippen molar-refractivity contribution in [2.45, 2.75) is 45.1 Å². The Bertz CT molecular complexity index is 752. The molecule has 2 amide bonds.